The minimum atomic E-state index is -0.654. The van der Waals surface area contributed by atoms with Gasteiger partial charge >= 0.3 is 6.03 Å². The molecule has 0 spiro atoms. The summed E-state index contributed by atoms with van der Waals surface area (Å²) in [5.74, 6) is -0.472. The lowest BCUT2D eigenvalue weighted by atomic mass is 10.1. The number of anilines is 1. The predicted octanol–water partition coefficient (Wildman–Crippen LogP) is 1.97. The van der Waals surface area contributed by atoms with Crippen molar-refractivity contribution in [3.63, 3.8) is 0 Å². The molecule has 0 heterocycles. The monoisotopic (exact) mass is 338 g/mol. The molecule has 1 aromatic carbocycles. The zero-order valence-corrected chi connectivity index (χ0v) is 12.7. The van der Waals surface area contributed by atoms with Crippen LogP contribution in [0.1, 0.15) is 19.4 Å². The van der Waals surface area contributed by atoms with Crippen LogP contribution in [0.5, 0.6) is 0 Å². The minimum Gasteiger partial charge on any atom is -0.373 e. The molecule has 0 aliphatic carbocycles. The number of carbonyl (C=O) groups is 2. The fourth-order valence-electron chi connectivity index (χ4n) is 1.46. The highest BCUT2D eigenvalue weighted by Gasteiger charge is 2.16. The molecule has 0 aliphatic rings. The molecule has 6 nitrogen and oxygen atoms in total. The summed E-state index contributed by atoms with van der Waals surface area (Å²) in [7, 11) is 0. The summed E-state index contributed by atoms with van der Waals surface area (Å²) in [6.45, 7) is 3.80. The van der Waals surface area contributed by atoms with Gasteiger partial charge in [0.1, 0.15) is 12.1 Å². The van der Waals surface area contributed by atoms with E-state index in [0.717, 1.165) is 4.47 Å². The van der Waals surface area contributed by atoms with Gasteiger partial charge in [-0.2, -0.15) is 5.26 Å². The Morgan fingerprint density at radius 3 is 2.75 bits per heavy atom. The Morgan fingerprint density at radius 1 is 1.45 bits per heavy atom. The van der Waals surface area contributed by atoms with Crippen LogP contribution in [-0.2, 0) is 4.79 Å². The van der Waals surface area contributed by atoms with Crippen LogP contribution in [-0.4, -0.2) is 24.5 Å². The first kappa shape index (κ1) is 16.0. The molecule has 0 fully saturated rings. The lowest BCUT2D eigenvalue weighted by Crippen LogP contribution is -2.45. The van der Waals surface area contributed by atoms with Crippen molar-refractivity contribution in [2.75, 3.05) is 11.9 Å². The Morgan fingerprint density at radius 2 is 2.15 bits per heavy atom. The fraction of sp³-hybridized carbons (Fsp3) is 0.308. The van der Waals surface area contributed by atoms with E-state index in [1.165, 1.54) is 0 Å². The summed E-state index contributed by atoms with van der Waals surface area (Å²) in [6.07, 6.45) is 0. The number of benzene rings is 1. The summed E-state index contributed by atoms with van der Waals surface area (Å²) in [4.78, 5) is 23.0. The van der Waals surface area contributed by atoms with Crippen LogP contribution in [0.25, 0.3) is 0 Å². The summed E-state index contributed by atoms with van der Waals surface area (Å²) in [6, 6.07) is 5.92. The van der Waals surface area contributed by atoms with Gasteiger partial charge in [0.25, 0.3) is 0 Å². The highest BCUT2D eigenvalue weighted by molar-refractivity contribution is 9.10. The molecular formula is C13H15BrN4O2. The number of hydrogen-bond acceptors (Lipinski definition) is 4. The van der Waals surface area contributed by atoms with Crippen LogP contribution in [0.15, 0.2) is 22.7 Å². The Labute approximate surface area is 125 Å². The first-order chi connectivity index (χ1) is 9.47. The SMILES string of the molecule is CCNC(=O)NC(=O)C(C)Nc1cc(Br)ccc1C#N. The average Bonchev–Trinajstić information content (AvgIpc) is 2.39. The van der Waals surface area contributed by atoms with E-state index in [4.69, 9.17) is 5.26 Å². The topological polar surface area (TPSA) is 94.0 Å². The van der Waals surface area contributed by atoms with Crippen LogP contribution >= 0.6 is 15.9 Å². The van der Waals surface area contributed by atoms with Gasteiger partial charge in [0.15, 0.2) is 0 Å². The highest BCUT2D eigenvalue weighted by atomic mass is 79.9. The molecule has 3 amide bonds. The highest BCUT2D eigenvalue weighted by Crippen LogP contribution is 2.21. The van der Waals surface area contributed by atoms with Crippen LogP contribution in [0.3, 0.4) is 0 Å². The number of carbonyl (C=O) groups excluding carboxylic acids is 2. The van der Waals surface area contributed by atoms with E-state index in [0.29, 0.717) is 17.8 Å². The Balaban J connectivity index is 2.73. The van der Waals surface area contributed by atoms with Crippen LogP contribution < -0.4 is 16.0 Å². The van der Waals surface area contributed by atoms with Gasteiger partial charge in [-0.25, -0.2) is 4.79 Å². The summed E-state index contributed by atoms with van der Waals surface area (Å²) in [5.41, 5.74) is 0.950. The second kappa shape index (κ2) is 7.50. The Hall–Kier alpha value is -2.07. The molecule has 1 rings (SSSR count). The van der Waals surface area contributed by atoms with Gasteiger partial charge < -0.3 is 10.6 Å². The maximum Gasteiger partial charge on any atom is 0.321 e. The van der Waals surface area contributed by atoms with Crippen molar-refractivity contribution in [2.24, 2.45) is 0 Å². The van der Waals surface area contributed by atoms with Crippen LogP contribution in [0.4, 0.5) is 10.5 Å². The Kier molecular flexibility index (Phi) is 6.00. The van der Waals surface area contributed by atoms with Crippen molar-refractivity contribution < 1.29 is 9.59 Å². The van der Waals surface area contributed by atoms with Crippen molar-refractivity contribution in [2.45, 2.75) is 19.9 Å². The molecule has 7 heteroatoms. The normalized spacial score (nSPS) is 11.1. The number of rotatable bonds is 4. The van der Waals surface area contributed by atoms with E-state index in [1.807, 2.05) is 6.07 Å². The van der Waals surface area contributed by atoms with Crippen molar-refractivity contribution in [3.8, 4) is 6.07 Å². The number of hydrogen-bond donors (Lipinski definition) is 3. The lowest BCUT2D eigenvalue weighted by molar-refractivity contribution is -0.120. The van der Waals surface area contributed by atoms with E-state index in [2.05, 4.69) is 31.9 Å². The molecule has 0 radical (unpaired) electrons. The molecule has 1 unspecified atom stereocenters. The maximum absolute atomic E-state index is 11.8. The third-order valence-electron chi connectivity index (χ3n) is 2.44. The number of imide groups is 1. The van der Waals surface area contributed by atoms with Crippen LogP contribution in [0, 0.1) is 11.3 Å². The van der Waals surface area contributed by atoms with E-state index in [9.17, 15) is 9.59 Å². The van der Waals surface area contributed by atoms with Gasteiger partial charge in [0, 0.05) is 11.0 Å². The lowest BCUT2D eigenvalue weighted by Gasteiger charge is -2.16. The number of nitrogens with one attached hydrogen (secondary N) is 3. The maximum atomic E-state index is 11.8. The molecule has 3 N–H and O–H groups in total. The van der Waals surface area contributed by atoms with E-state index in [1.54, 1.807) is 32.0 Å². The van der Waals surface area contributed by atoms with Crippen molar-refractivity contribution >= 4 is 33.6 Å². The van der Waals surface area contributed by atoms with E-state index >= 15 is 0 Å². The van der Waals surface area contributed by atoms with Crippen molar-refractivity contribution in [1.29, 1.82) is 5.26 Å². The average molecular weight is 339 g/mol. The second-order valence-corrected chi connectivity index (χ2v) is 4.93. The molecule has 0 aliphatic heterocycles. The third kappa shape index (κ3) is 4.55. The number of nitrogens with zero attached hydrogens (tertiary/aromatic N) is 1. The Bertz CT molecular complexity index is 554. The number of urea groups is 1. The van der Waals surface area contributed by atoms with Crippen molar-refractivity contribution in [1.82, 2.24) is 10.6 Å². The molecule has 0 bridgehead atoms. The predicted molar refractivity (Wildman–Crippen MR) is 79.2 cm³/mol. The van der Waals surface area contributed by atoms with Gasteiger partial charge in [0.05, 0.1) is 11.3 Å². The first-order valence-corrected chi connectivity index (χ1v) is 6.82. The molecular weight excluding hydrogens is 324 g/mol. The molecule has 1 atom stereocenters. The fourth-order valence-corrected chi connectivity index (χ4v) is 1.82. The minimum absolute atomic E-state index is 0.422. The van der Waals surface area contributed by atoms with Gasteiger partial charge in [-0.1, -0.05) is 15.9 Å². The third-order valence-corrected chi connectivity index (χ3v) is 2.93. The van der Waals surface area contributed by atoms with Gasteiger partial charge in [0.2, 0.25) is 5.91 Å². The van der Waals surface area contributed by atoms with E-state index in [-0.39, 0.29) is 0 Å². The van der Waals surface area contributed by atoms with Crippen molar-refractivity contribution in [3.05, 3.63) is 28.2 Å². The summed E-state index contributed by atoms with van der Waals surface area (Å²) in [5, 5.41) is 16.6. The molecule has 1 aromatic rings. The zero-order chi connectivity index (χ0) is 15.1. The van der Waals surface area contributed by atoms with Gasteiger partial charge in [-0.05, 0) is 32.0 Å². The largest absolute Gasteiger partial charge is 0.373 e. The van der Waals surface area contributed by atoms with Gasteiger partial charge in [-0.3, -0.25) is 10.1 Å². The van der Waals surface area contributed by atoms with Gasteiger partial charge in [-0.15, -0.1) is 0 Å². The van der Waals surface area contributed by atoms with Crippen LogP contribution in [0.2, 0.25) is 0 Å². The molecule has 20 heavy (non-hydrogen) atoms. The molecule has 0 saturated heterocycles. The molecule has 106 valence electrons. The standard InChI is InChI=1S/C13H15BrN4O2/c1-3-16-13(20)18-12(19)8(2)17-11-6-10(14)5-4-9(11)7-15/h4-6,8,17H,3H2,1-2H3,(H2,16,18,19,20). The molecule has 0 aromatic heterocycles. The number of nitriles is 1. The summed E-state index contributed by atoms with van der Waals surface area (Å²) >= 11 is 3.30. The zero-order valence-electron chi connectivity index (χ0n) is 11.2. The first-order valence-electron chi connectivity index (χ1n) is 6.02. The summed E-state index contributed by atoms with van der Waals surface area (Å²) < 4.78 is 0.787. The number of halogens is 1. The quantitative estimate of drug-likeness (QED) is 0.782. The molecule has 0 saturated carbocycles. The second-order valence-electron chi connectivity index (χ2n) is 4.02. The number of amides is 3. The van der Waals surface area contributed by atoms with E-state index < -0.39 is 18.0 Å². The smallest absolute Gasteiger partial charge is 0.321 e.